The summed E-state index contributed by atoms with van der Waals surface area (Å²) in [5, 5.41) is 16.6. The summed E-state index contributed by atoms with van der Waals surface area (Å²) >= 11 is 1.44. The van der Waals surface area contributed by atoms with Gasteiger partial charge >= 0.3 is 183 Å². The molecule has 1 saturated carbocycles. The van der Waals surface area contributed by atoms with Crippen molar-refractivity contribution in [1.29, 1.82) is 0 Å². The second kappa shape index (κ2) is 7.32. The molecule has 0 spiro atoms. The molecule has 0 bridgehead atoms. The molecule has 154 valence electrons. The van der Waals surface area contributed by atoms with Gasteiger partial charge in [-0.25, -0.2) is 0 Å². The number of ether oxygens (including phenoxy) is 1. The molecule has 1 aliphatic rings. The Morgan fingerprint density at radius 3 is 2.80 bits per heavy atom. The summed E-state index contributed by atoms with van der Waals surface area (Å²) in [6.45, 7) is 4.67. The number of aliphatic hydroxyl groups excluding tert-OH is 1. The first-order chi connectivity index (χ1) is 14.4. The molecule has 1 unspecified atom stereocenters. The van der Waals surface area contributed by atoms with Gasteiger partial charge in [0, 0.05) is 0 Å². The van der Waals surface area contributed by atoms with Gasteiger partial charge in [0.25, 0.3) is 0 Å². The molecule has 3 aromatic heterocycles. The first kappa shape index (κ1) is 19.5. The Labute approximate surface area is 183 Å². The Hall–Kier alpha value is -2.50. The van der Waals surface area contributed by atoms with Crippen molar-refractivity contribution in [2.45, 2.75) is 39.3 Å². The van der Waals surface area contributed by atoms with E-state index < -0.39 is 0 Å². The van der Waals surface area contributed by atoms with Gasteiger partial charge in [-0.2, -0.15) is 0 Å². The van der Waals surface area contributed by atoms with Gasteiger partial charge in [0.2, 0.25) is 0 Å². The van der Waals surface area contributed by atoms with E-state index in [9.17, 15) is 5.11 Å². The van der Waals surface area contributed by atoms with Crippen molar-refractivity contribution in [3.63, 3.8) is 0 Å². The zero-order valence-corrected chi connectivity index (χ0v) is 19.5. The fourth-order valence-electron chi connectivity index (χ4n) is 3.47. The summed E-state index contributed by atoms with van der Waals surface area (Å²) < 4.78 is 8.66. The van der Waals surface area contributed by atoms with Gasteiger partial charge in [0.15, 0.2) is 0 Å². The van der Waals surface area contributed by atoms with Gasteiger partial charge < -0.3 is 0 Å². The zero-order chi connectivity index (χ0) is 20.9. The maximum atomic E-state index is 9.72. The van der Waals surface area contributed by atoms with E-state index in [1.807, 2.05) is 42.8 Å². The summed E-state index contributed by atoms with van der Waals surface area (Å²) in [7, 11) is 0. The SMILES string of the molecule is CC(C)(CO)Cn1nc(-c2ccc3nc(OC4CC4)ccc3c2)c2c([AsH2])ncnc21. The molecule has 5 rings (SSSR count). The molecule has 1 N–H and O–H groups in total. The van der Waals surface area contributed by atoms with Crippen LogP contribution in [0.5, 0.6) is 5.88 Å². The Morgan fingerprint density at radius 1 is 1.20 bits per heavy atom. The molecule has 1 aliphatic carbocycles. The monoisotopic (exact) mass is 465 g/mol. The first-order valence-electron chi connectivity index (χ1n) is 10.1. The van der Waals surface area contributed by atoms with Gasteiger partial charge in [0.05, 0.1) is 0 Å². The van der Waals surface area contributed by atoms with E-state index in [4.69, 9.17) is 9.84 Å². The minimum absolute atomic E-state index is 0.0740. The van der Waals surface area contributed by atoms with Gasteiger partial charge in [0.1, 0.15) is 0 Å². The molecule has 0 aliphatic heterocycles. The summed E-state index contributed by atoms with van der Waals surface area (Å²) in [6, 6.07) is 10.1. The number of aromatic nitrogens is 5. The molecule has 1 atom stereocenters. The normalized spacial score (nSPS) is 14.5. The quantitative estimate of drug-likeness (QED) is 0.438. The fraction of sp³-hybridized carbons (Fsp3) is 0.364. The average Bonchev–Trinajstić information content (AvgIpc) is 3.47. The van der Waals surface area contributed by atoms with Gasteiger partial charge in [-0.3, -0.25) is 0 Å². The third kappa shape index (κ3) is 3.68. The van der Waals surface area contributed by atoms with Crippen LogP contribution in [0.25, 0.3) is 33.2 Å². The number of hydrogen-bond donors (Lipinski definition) is 1. The zero-order valence-electron chi connectivity index (χ0n) is 17.0. The number of hydrogen-bond acceptors (Lipinski definition) is 6. The van der Waals surface area contributed by atoms with E-state index in [1.165, 1.54) is 16.9 Å². The van der Waals surface area contributed by atoms with Crippen molar-refractivity contribution >= 4 is 43.3 Å². The van der Waals surface area contributed by atoms with Crippen LogP contribution >= 0.6 is 0 Å². The Balaban J connectivity index is 1.60. The number of fused-ring (bicyclic) bond motifs is 2. The van der Waals surface area contributed by atoms with Crippen LogP contribution in [0.1, 0.15) is 26.7 Å². The van der Waals surface area contributed by atoms with Crippen LogP contribution in [0.4, 0.5) is 0 Å². The van der Waals surface area contributed by atoms with E-state index in [0.717, 1.165) is 50.5 Å². The number of benzene rings is 1. The standard InChI is InChI=1S/C22H24AsN5O2/c1-22(2,11-29)10-28-21-18(20(23)24-12-25-21)19(27-28)14-3-7-16-13(9-14)4-8-17(26-16)30-15-5-6-15/h3-4,7-9,12,15,29H,5-6,10-11,23H2,1-2H3. The van der Waals surface area contributed by atoms with Crippen LogP contribution < -0.4 is 9.22 Å². The number of nitrogens with zero attached hydrogens (tertiary/aromatic N) is 5. The van der Waals surface area contributed by atoms with Crippen molar-refractivity contribution in [1.82, 2.24) is 24.7 Å². The summed E-state index contributed by atoms with van der Waals surface area (Å²) in [5.41, 5.74) is 3.26. The molecule has 0 saturated heterocycles. The van der Waals surface area contributed by atoms with Crippen LogP contribution in [0.3, 0.4) is 0 Å². The second-order valence-corrected chi connectivity index (χ2v) is 9.81. The third-order valence-electron chi connectivity index (χ3n) is 5.31. The third-order valence-corrected chi connectivity index (χ3v) is 6.23. The molecule has 1 fully saturated rings. The van der Waals surface area contributed by atoms with E-state index in [-0.39, 0.29) is 12.0 Å². The molecule has 1 aromatic carbocycles. The molecule has 3 heterocycles. The Kier molecular flexibility index (Phi) is 4.75. The van der Waals surface area contributed by atoms with Crippen molar-refractivity contribution in [3.8, 4) is 17.1 Å². The van der Waals surface area contributed by atoms with Crippen LogP contribution in [0.15, 0.2) is 36.7 Å². The van der Waals surface area contributed by atoms with Crippen molar-refractivity contribution < 1.29 is 9.84 Å². The summed E-state index contributed by atoms with van der Waals surface area (Å²) in [4.78, 5) is 13.6. The molecular weight excluding hydrogens is 441 g/mol. The van der Waals surface area contributed by atoms with Gasteiger partial charge in [-0.05, 0) is 0 Å². The average molecular weight is 465 g/mol. The van der Waals surface area contributed by atoms with Crippen LogP contribution in [0, 0.1) is 5.41 Å². The Morgan fingerprint density at radius 2 is 2.03 bits per heavy atom. The minimum atomic E-state index is -0.300. The van der Waals surface area contributed by atoms with E-state index in [0.29, 0.717) is 18.5 Å². The fourth-order valence-corrected chi connectivity index (χ4v) is 4.17. The number of aliphatic hydroxyl groups is 1. The van der Waals surface area contributed by atoms with E-state index >= 15 is 0 Å². The van der Waals surface area contributed by atoms with Crippen LogP contribution in [-0.4, -0.2) is 59.4 Å². The molecule has 30 heavy (non-hydrogen) atoms. The van der Waals surface area contributed by atoms with Crippen LogP contribution in [-0.2, 0) is 6.54 Å². The van der Waals surface area contributed by atoms with Crippen molar-refractivity contribution in [2.75, 3.05) is 6.61 Å². The molecule has 8 heteroatoms. The van der Waals surface area contributed by atoms with E-state index in [2.05, 4.69) is 21.0 Å². The second-order valence-electron chi connectivity index (χ2n) is 8.66. The predicted molar refractivity (Wildman–Crippen MR) is 119 cm³/mol. The molecule has 7 nitrogen and oxygen atoms in total. The maximum absolute atomic E-state index is 9.72. The molecular formula is C22H24AsN5O2. The summed E-state index contributed by atoms with van der Waals surface area (Å²) in [5.74, 6) is 0.686. The van der Waals surface area contributed by atoms with Crippen molar-refractivity contribution in [3.05, 3.63) is 36.7 Å². The van der Waals surface area contributed by atoms with E-state index in [1.54, 1.807) is 6.33 Å². The number of pyridine rings is 1. The topological polar surface area (TPSA) is 86.0 Å². The predicted octanol–water partition coefficient (Wildman–Crippen LogP) is 1.86. The Bertz CT molecular complexity index is 1250. The van der Waals surface area contributed by atoms with Gasteiger partial charge in [-0.15, -0.1) is 0 Å². The molecule has 0 amide bonds. The number of rotatable bonds is 6. The summed E-state index contributed by atoms with van der Waals surface area (Å²) in [6.07, 6.45) is 4.14. The van der Waals surface area contributed by atoms with Gasteiger partial charge in [-0.1, -0.05) is 0 Å². The molecule has 4 aromatic rings. The first-order valence-corrected chi connectivity index (χ1v) is 11.3. The van der Waals surface area contributed by atoms with Crippen LogP contribution in [0.2, 0.25) is 0 Å². The van der Waals surface area contributed by atoms with Crippen molar-refractivity contribution in [2.24, 2.45) is 5.41 Å². The molecule has 0 radical (unpaired) electrons.